The van der Waals surface area contributed by atoms with E-state index in [1.54, 1.807) is 34.0 Å². The van der Waals surface area contributed by atoms with Crippen LogP contribution in [-0.4, -0.2) is 44.9 Å². The molecule has 0 unspecified atom stereocenters. The minimum absolute atomic E-state index is 0.609. The van der Waals surface area contributed by atoms with Crippen molar-refractivity contribution in [1.29, 1.82) is 0 Å². The highest BCUT2D eigenvalue weighted by atomic mass is 32.1. The lowest BCUT2D eigenvalue weighted by molar-refractivity contribution is 0.619. The Kier molecular flexibility index (Phi) is 21.2. The molecule has 9 aromatic heterocycles. The van der Waals surface area contributed by atoms with Crippen LogP contribution in [0.25, 0.3) is 263 Å². The first-order chi connectivity index (χ1) is 68.3. The molecule has 0 atom stereocenters. The van der Waals surface area contributed by atoms with Gasteiger partial charge in [0.2, 0.25) is 17.7 Å². The van der Waals surface area contributed by atoms with Crippen molar-refractivity contribution in [3.05, 3.63) is 455 Å². The van der Waals surface area contributed by atoms with Crippen molar-refractivity contribution in [2.75, 3.05) is 0 Å². The van der Waals surface area contributed by atoms with Crippen LogP contribution in [-0.2, 0) is 0 Å². The van der Waals surface area contributed by atoms with Gasteiger partial charge in [0.1, 0.15) is 16.6 Å². The van der Waals surface area contributed by atoms with Crippen LogP contribution in [0.4, 0.5) is 0 Å². The van der Waals surface area contributed by atoms with Crippen molar-refractivity contribution < 1.29 is 13.3 Å². The third kappa shape index (κ3) is 16.1. The quantitative estimate of drug-likeness (QED) is 0.0959. The van der Waals surface area contributed by atoms with Gasteiger partial charge in [0, 0.05) is 127 Å². The number of thiophene rings is 3. The molecule has 0 spiro atoms. The number of fused-ring (bicyclic) bond motifs is 12. The third-order valence-corrected chi connectivity index (χ3v) is 28.5. The minimum Gasteiger partial charge on any atom is -0.436 e. The number of rotatable bonds is 15. The molecule has 18 aromatic carbocycles. The van der Waals surface area contributed by atoms with Crippen LogP contribution in [0.5, 0.6) is 0 Å². The van der Waals surface area contributed by atoms with Gasteiger partial charge in [-0.2, -0.15) is 0 Å². The standard InChI is InChI=1S/C47H29N3OS.C41H25N3OS.C35H21N3OS/c1-3-11-30(12-4-1)32-21-23-33(24-22-32)40-29-41(35-16-9-15-34(27-35)31-13-5-2-6-14-31)49-46(48-40)37-17-10-20-44-45(37)38-28-36(25-26-43(38)52-44)47-50-39-18-7-8-19-42(39)51-47;1-3-10-26(11-4-1)27-18-20-28(21-19-27)34-25-35(43-40(42-34)29-12-5-2-6-13-29)31-14-9-17-38-39(31)32-24-30(22-23-37(32)46-38)41-44-33-15-7-8-16-36(33)45-41;1-3-10-22(11-4-1)28-21-29(37-34(36-28)23-12-5-2-6-13-23)25-14-9-17-32-33(25)26-20-24(18-19-31(26)40-32)35-38-27-15-7-8-16-30(27)39-35/h1-29H;1-25H;1-21H. The number of hydrogen-bond acceptors (Lipinski definition) is 15. The molecule has 0 bridgehead atoms. The zero-order valence-corrected chi connectivity index (χ0v) is 76.2. The molecule has 15 heteroatoms. The first kappa shape index (κ1) is 82.2. The molecule has 27 aromatic rings. The highest BCUT2D eigenvalue weighted by molar-refractivity contribution is 7.26. The van der Waals surface area contributed by atoms with Crippen LogP contribution in [0.2, 0.25) is 0 Å². The van der Waals surface area contributed by atoms with Crippen molar-refractivity contribution >= 4 is 128 Å². The number of aromatic nitrogens is 9. The van der Waals surface area contributed by atoms with E-state index in [4.69, 9.17) is 58.1 Å². The summed E-state index contributed by atoms with van der Waals surface area (Å²) in [4.78, 5) is 45.2. The SMILES string of the molecule is c1ccc(-c2cc(-c3cccc4sc5ccc(-c6nc7ccccc7o6)cc5c34)nc(-c3ccccc3)n2)cc1.c1ccc(-c2ccc(-c3cc(-c4cccc(-c5ccccc5)c4)nc(-c4cccc5sc6ccc(-c7nc8ccccc8o7)cc6c45)n3)cc2)cc1.c1ccc(-c2ccc(-c3cc(-c4cccc5sc6ccc(-c7nc8ccccc8o7)cc6c45)nc(-c4ccccc4)n3)cc2)cc1. The van der Waals surface area contributed by atoms with Crippen molar-refractivity contribution in [2.24, 2.45) is 0 Å². The second-order valence-electron chi connectivity index (χ2n) is 33.8. The fourth-order valence-electron chi connectivity index (χ4n) is 18.3. The Morgan fingerprint density at radius 1 is 0.152 bits per heavy atom. The average molecular weight is 1820 g/mol. The maximum atomic E-state index is 6.18. The Morgan fingerprint density at radius 2 is 0.413 bits per heavy atom. The first-order valence-corrected chi connectivity index (χ1v) is 48.0. The van der Waals surface area contributed by atoms with E-state index in [2.05, 4.69) is 309 Å². The third-order valence-electron chi connectivity index (χ3n) is 25.1. The lowest BCUT2D eigenvalue weighted by atomic mass is 9.99. The molecule has 0 radical (unpaired) electrons. The van der Waals surface area contributed by atoms with E-state index < -0.39 is 0 Å². The topological polar surface area (TPSA) is 155 Å². The van der Waals surface area contributed by atoms with Crippen LogP contribution < -0.4 is 0 Å². The second kappa shape index (κ2) is 35.7. The van der Waals surface area contributed by atoms with E-state index in [1.165, 1.54) is 66.8 Å². The molecule has 0 fully saturated rings. The molecule has 0 aliphatic heterocycles. The van der Waals surface area contributed by atoms with E-state index in [0.29, 0.717) is 35.1 Å². The van der Waals surface area contributed by atoms with Crippen LogP contribution >= 0.6 is 34.0 Å². The van der Waals surface area contributed by atoms with E-state index in [0.717, 1.165) is 161 Å². The highest BCUT2D eigenvalue weighted by Gasteiger charge is 2.24. The highest BCUT2D eigenvalue weighted by Crippen LogP contribution is 2.48. The van der Waals surface area contributed by atoms with E-state index in [1.807, 2.05) is 146 Å². The van der Waals surface area contributed by atoms with Crippen LogP contribution in [0.3, 0.4) is 0 Å². The largest absolute Gasteiger partial charge is 0.436 e. The summed E-state index contributed by atoms with van der Waals surface area (Å²) < 4.78 is 25.6. The number of nitrogens with zero attached hydrogens (tertiary/aromatic N) is 9. The molecule has 0 aliphatic rings. The molecule has 9 heterocycles. The summed E-state index contributed by atoms with van der Waals surface area (Å²) >= 11 is 5.34. The summed E-state index contributed by atoms with van der Waals surface area (Å²) in [6, 6.07) is 157. The van der Waals surface area contributed by atoms with Crippen molar-refractivity contribution in [1.82, 2.24) is 44.9 Å². The summed E-state index contributed by atoms with van der Waals surface area (Å²) in [5.41, 5.74) is 29.3. The Morgan fingerprint density at radius 3 is 0.797 bits per heavy atom. The molecule has 648 valence electrons. The van der Waals surface area contributed by atoms with Crippen molar-refractivity contribution in [3.63, 3.8) is 0 Å². The summed E-state index contributed by atoms with van der Waals surface area (Å²) in [6.07, 6.45) is 0. The molecule has 0 saturated carbocycles. The number of oxazole rings is 3. The predicted molar refractivity (Wildman–Crippen MR) is 569 cm³/mol. The molecule has 12 nitrogen and oxygen atoms in total. The number of hydrogen-bond donors (Lipinski definition) is 0. The molecule has 0 aliphatic carbocycles. The molecule has 138 heavy (non-hydrogen) atoms. The Hall–Kier alpha value is -17.7. The van der Waals surface area contributed by atoms with Gasteiger partial charge in [0.15, 0.2) is 34.2 Å². The van der Waals surface area contributed by atoms with Gasteiger partial charge in [-0.1, -0.05) is 322 Å². The van der Waals surface area contributed by atoms with Crippen LogP contribution in [0.15, 0.2) is 468 Å². The predicted octanol–water partition coefficient (Wildman–Crippen LogP) is 34.0. The minimum atomic E-state index is 0.609. The Labute approximate surface area is 804 Å². The molecule has 0 saturated heterocycles. The zero-order valence-electron chi connectivity index (χ0n) is 73.8. The van der Waals surface area contributed by atoms with Crippen molar-refractivity contribution in [2.45, 2.75) is 0 Å². The van der Waals surface area contributed by atoms with Crippen molar-refractivity contribution in [3.8, 4) is 169 Å². The Balaban J connectivity index is 0.000000111. The molecule has 0 amide bonds. The van der Waals surface area contributed by atoms with E-state index in [9.17, 15) is 0 Å². The van der Waals surface area contributed by atoms with Gasteiger partial charge in [-0.3, -0.25) is 0 Å². The number of benzene rings is 18. The van der Waals surface area contributed by atoms with Gasteiger partial charge in [0.05, 0.1) is 34.2 Å². The number of para-hydroxylation sites is 6. The summed E-state index contributed by atoms with van der Waals surface area (Å²) in [5.74, 6) is 3.94. The van der Waals surface area contributed by atoms with E-state index >= 15 is 0 Å². The van der Waals surface area contributed by atoms with Gasteiger partial charge in [0.25, 0.3) is 0 Å². The first-order valence-electron chi connectivity index (χ1n) is 45.6. The molecule has 27 rings (SSSR count). The average Bonchev–Trinajstić information content (AvgIpc) is 1.63. The van der Waals surface area contributed by atoms with Gasteiger partial charge < -0.3 is 13.3 Å². The monoisotopic (exact) mass is 1820 g/mol. The van der Waals surface area contributed by atoms with Crippen LogP contribution in [0.1, 0.15) is 0 Å². The lowest BCUT2D eigenvalue weighted by Crippen LogP contribution is -1.96. The summed E-state index contributed by atoms with van der Waals surface area (Å²) in [6.45, 7) is 0. The molecular formula is C123H75N9O3S3. The van der Waals surface area contributed by atoms with Crippen LogP contribution in [0, 0.1) is 0 Å². The zero-order chi connectivity index (χ0) is 91.4. The second-order valence-corrected chi connectivity index (χ2v) is 37.0. The van der Waals surface area contributed by atoms with Gasteiger partial charge in [-0.15, -0.1) is 34.0 Å². The molecule has 0 N–H and O–H groups in total. The van der Waals surface area contributed by atoms with Gasteiger partial charge >= 0.3 is 0 Å². The smallest absolute Gasteiger partial charge is 0.227 e. The normalized spacial score (nSPS) is 11.5. The lowest BCUT2D eigenvalue weighted by Gasteiger charge is -2.12. The maximum Gasteiger partial charge on any atom is 0.227 e. The molecular weight excluding hydrogens is 1750 g/mol. The maximum absolute atomic E-state index is 6.18. The van der Waals surface area contributed by atoms with Gasteiger partial charge in [-0.05, 0) is 167 Å². The summed E-state index contributed by atoms with van der Waals surface area (Å²) in [7, 11) is 0. The Bertz CT molecular complexity index is 9110. The van der Waals surface area contributed by atoms with Gasteiger partial charge in [-0.25, -0.2) is 44.9 Å². The fraction of sp³-hybridized carbons (Fsp3) is 0. The summed E-state index contributed by atoms with van der Waals surface area (Å²) in [5, 5.41) is 6.92. The van der Waals surface area contributed by atoms with E-state index in [-0.39, 0.29) is 0 Å². The fourth-order valence-corrected chi connectivity index (χ4v) is 21.6.